The summed E-state index contributed by atoms with van der Waals surface area (Å²) in [5.74, 6) is -0.562. The molecule has 33 heavy (non-hydrogen) atoms. The lowest BCUT2D eigenvalue weighted by molar-refractivity contribution is -0.113. The van der Waals surface area contributed by atoms with Gasteiger partial charge in [-0.3, -0.25) is 9.36 Å². The van der Waals surface area contributed by atoms with Crippen molar-refractivity contribution < 1.29 is 18.3 Å². The van der Waals surface area contributed by atoms with Crippen molar-refractivity contribution in [3.8, 4) is 22.8 Å². The average molecular weight is 467 g/mol. The Hall–Kier alpha value is -3.72. The Morgan fingerprint density at radius 2 is 1.79 bits per heavy atom. The van der Waals surface area contributed by atoms with Crippen LogP contribution >= 0.6 is 11.8 Å². The van der Waals surface area contributed by atoms with Crippen LogP contribution in [0.3, 0.4) is 0 Å². The van der Waals surface area contributed by atoms with Crippen LogP contribution in [0.1, 0.15) is 6.92 Å². The lowest BCUT2D eigenvalue weighted by Gasteiger charge is -2.12. The molecule has 1 aromatic heterocycles. The van der Waals surface area contributed by atoms with Crippen LogP contribution in [-0.4, -0.2) is 33.0 Å². The molecule has 9 heteroatoms. The Morgan fingerprint density at radius 1 is 1.03 bits per heavy atom. The van der Waals surface area contributed by atoms with E-state index < -0.39 is 17.5 Å². The molecule has 0 fully saturated rings. The zero-order valence-corrected chi connectivity index (χ0v) is 18.5. The van der Waals surface area contributed by atoms with E-state index in [1.54, 1.807) is 0 Å². The number of anilines is 1. The van der Waals surface area contributed by atoms with Gasteiger partial charge in [0, 0.05) is 17.3 Å². The number of nitrogens with one attached hydrogen (secondary N) is 1. The van der Waals surface area contributed by atoms with Gasteiger partial charge in [-0.25, -0.2) is 8.78 Å². The van der Waals surface area contributed by atoms with Gasteiger partial charge < -0.3 is 10.1 Å². The first-order chi connectivity index (χ1) is 16.0. The molecule has 168 valence electrons. The highest BCUT2D eigenvalue weighted by Gasteiger charge is 2.18. The summed E-state index contributed by atoms with van der Waals surface area (Å²) in [5, 5.41) is 11.5. The second kappa shape index (κ2) is 10.3. The number of halogens is 2. The Bertz CT molecular complexity index is 1250. The second-order valence-corrected chi connectivity index (χ2v) is 7.84. The van der Waals surface area contributed by atoms with Crippen LogP contribution in [-0.2, 0) is 4.79 Å². The Labute approximate surface area is 193 Å². The van der Waals surface area contributed by atoms with Crippen LogP contribution in [0.15, 0.2) is 78.0 Å². The average Bonchev–Trinajstić information content (AvgIpc) is 3.25. The van der Waals surface area contributed by atoms with Gasteiger partial charge in [-0.1, -0.05) is 42.1 Å². The molecule has 4 aromatic rings. The maximum atomic E-state index is 13.8. The fourth-order valence-corrected chi connectivity index (χ4v) is 3.89. The Balaban J connectivity index is 1.59. The molecule has 0 aliphatic carbocycles. The van der Waals surface area contributed by atoms with Gasteiger partial charge in [-0.15, -0.1) is 10.2 Å². The van der Waals surface area contributed by atoms with Gasteiger partial charge in [0.15, 0.2) is 11.0 Å². The number of nitrogens with zero attached hydrogens (tertiary/aromatic N) is 3. The number of ether oxygens (including phenoxy) is 1. The highest BCUT2D eigenvalue weighted by molar-refractivity contribution is 7.99. The van der Waals surface area contributed by atoms with Gasteiger partial charge >= 0.3 is 0 Å². The van der Waals surface area contributed by atoms with Crippen molar-refractivity contribution in [2.45, 2.75) is 12.1 Å². The number of hydrogen-bond acceptors (Lipinski definition) is 5. The van der Waals surface area contributed by atoms with Crippen LogP contribution in [0.4, 0.5) is 14.5 Å². The maximum absolute atomic E-state index is 13.8. The molecule has 4 rings (SSSR count). The molecule has 0 radical (unpaired) electrons. The first-order valence-electron chi connectivity index (χ1n) is 10.2. The standard InChI is InChI=1S/C24H20F2N4O2S/c1-2-32-19-11-9-18(10-12-19)30-23(16-6-4-3-5-7-16)28-29-24(30)33-15-22(31)27-21-14-17(25)8-13-20(21)26/h3-14H,2,15H2,1H3,(H,27,31). The van der Waals surface area contributed by atoms with Crippen LogP contribution in [0.5, 0.6) is 5.75 Å². The number of benzene rings is 3. The van der Waals surface area contributed by atoms with Gasteiger partial charge in [-0.05, 0) is 43.3 Å². The summed E-state index contributed by atoms with van der Waals surface area (Å²) in [6.45, 7) is 2.47. The first-order valence-corrected chi connectivity index (χ1v) is 11.2. The fourth-order valence-electron chi connectivity index (χ4n) is 3.14. The third kappa shape index (κ3) is 5.38. The lowest BCUT2D eigenvalue weighted by Crippen LogP contribution is -2.15. The molecule has 1 N–H and O–H groups in total. The minimum absolute atomic E-state index is 0.0695. The fraction of sp³-hybridized carbons (Fsp3) is 0.125. The second-order valence-electron chi connectivity index (χ2n) is 6.90. The molecule has 0 spiro atoms. The zero-order valence-electron chi connectivity index (χ0n) is 17.7. The van der Waals surface area contributed by atoms with Crippen molar-refractivity contribution in [2.24, 2.45) is 0 Å². The molecular formula is C24H20F2N4O2S. The van der Waals surface area contributed by atoms with Crippen molar-refractivity contribution in [1.82, 2.24) is 14.8 Å². The molecule has 0 unspecified atom stereocenters. The Kier molecular flexibility index (Phi) is 6.99. The summed E-state index contributed by atoms with van der Waals surface area (Å²) in [6, 6.07) is 19.9. The van der Waals surface area contributed by atoms with Gasteiger partial charge in [0.05, 0.1) is 18.0 Å². The van der Waals surface area contributed by atoms with E-state index >= 15 is 0 Å². The number of amides is 1. The van der Waals surface area contributed by atoms with E-state index in [1.807, 2.05) is 66.1 Å². The highest BCUT2D eigenvalue weighted by atomic mass is 32.2. The third-order valence-electron chi connectivity index (χ3n) is 4.61. The smallest absolute Gasteiger partial charge is 0.234 e. The first kappa shape index (κ1) is 22.5. The molecule has 0 bridgehead atoms. The summed E-state index contributed by atoms with van der Waals surface area (Å²) >= 11 is 1.14. The molecule has 0 aliphatic heterocycles. The third-order valence-corrected chi connectivity index (χ3v) is 5.54. The van der Waals surface area contributed by atoms with Gasteiger partial charge in [0.2, 0.25) is 5.91 Å². The van der Waals surface area contributed by atoms with Crippen LogP contribution in [0.25, 0.3) is 17.1 Å². The minimum Gasteiger partial charge on any atom is -0.494 e. The van der Waals surface area contributed by atoms with E-state index in [0.717, 1.165) is 47.0 Å². The van der Waals surface area contributed by atoms with Crippen molar-refractivity contribution in [2.75, 3.05) is 17.7 Å². The van der Waals surface area contributed by atoms with Crippen molar-refractivity contribution >= 4 is 23.4 Å². The van der Waals surface area contributed by atoms with Gasteiger partial charge in [0.1, 0.15) is 17.4 Å². The normalized spacial score (nSPS) is 10.8. The summed E-state index contributed by atoms with van der Waals surface area (Å²) in [7, 11) is 0. The summed E-state index contributed by atoms with van der Waals surface area (Å²) in [5.41, 5.74) is 1.44. The molecule has 1 amide bonds. The monoisotopic (exact) mass is 466 g/mol. The van der Waals surface area contributed by atoms with Gasteiger partial charge in [-0.2, -0.15) is 0 Å². The molecule has 6 nitrogen and oxygen atoms in total. The van der Waals surface area contributed by atoms with E-state index in [4.69, 9.17) is 4.74 Å². The van der Waals surface area contributed by atoms with Crippen molar-refractivity contribution in [3.05, 3.63) is 84.4 Å². The maximum Gasteiger partial charge on any atom is 0.234 e. The number of rotatable bonds is 8. The number of hydrogen-bond donors (Lipinski definition) is 1. The van der Waals surface area contributed by atoms with Gasteiger partial charge in [0.25, 0.3) is 0 Å². The predicted octanol–water partition coefficient (Wildman–Crippen LogP) is 5.34. The number of aromatic nitrogens is 3. The zero-order chi connectivity index (χ0) is 23.2. The molecule has 0 aliphatic rings. The molecule has 0 saturated heterocycles. The van der Waals surface area contributed by atoms with Crippen LogP contribution < -0.4 is 10.1 Å². The van der Waals surface area contributed by atoms with Crippen molar-refractivity contribution in [1.29, 1.82) is 0 Å². The molecule has 0 saturated carbocycles. The largest absolute Gasteiger partial charge is 0.494 e. The molecule has 1 heterocycles. The minimum atomic E-state index is -0.710. The Morgan fingerprint density at radius 3 is 2.52 bits per heavy atom. The molecule has 3 aromatic carbocycles. The van der Waals surface area contributed by atoms with E-state index in [-0.39, 0.29) is 11.4 Å². The predicted molar refractivity (Wildman–Crippen MR) is 124 cm³/mol. The highest BCUT2D eigenvalue weighted by Crippen LogP contribution is 2.29. The van der Waals surface area contributed by atoms with Crippen LogP contribution in [0.2, 0.25) is 0 Å². The van der Waals surface area contributed by atoms with E-state index in [1.165, 1.54) is 0 Å². The topological polar surface area (TPSA) is 69.0 Å². The van der Waals surface area contributed by atoms with Crippen LogP contribution in [0, 0.1) is 11.6 Å². The van der Waals surface area contributed by atoms with Crippen molar-refractivity contribution in [3.63, 3.8) is 0 Å². The number of carbonyl (C=O) groups excluding carboxylic acids is 1. The van der Waals surface area contributed by atoms with E-state index in [9.17, 15) is 13.6 Å². The number of carbonyl (C=O) groups is 1. The quantitative estimate of drug-likeness (QED) is 0.355. The summed E-state index contributed by atoms with van der Waals surface area (Å²) < 4.78 is 34.6. The lowest BCUT2D eigenvalue weighted by atomic mass is 10.2. The summed E-state index contributed by atoms with van der Waals surface area (Å²) in [4.78, 5) is 12.4. The molecule has 0 atom stereocenters. The molecular weight excluding hydrogens is 446 g/mol. The number of thioether (sulfide) groups is 1. The summed E-state index contributed by atoms with van der Waals surface area (Å²) in [6.07, 6.45) is 0. The SMILES string of the molecule is CCOc1ccc(-n2c(SCC(=O)Nc3cc(F)ccc3F)nnc2-c2ccccc2)cc1. The van der Waals surface area contributed by atoms with E-state index in [2.05, 4.69) is 15.5 Å². The van der Waals surface area contributed by atoms with E-state index in [0.29, 0.717) is 17.6 Å².